The minimum Gasteiger partial charge on any atom is -0.497 e. The summed E-state index contributed by atoms with van der Waals surface area (Å²) < 4.78 is 7.07. The van der Waals surface area contributed by atoms with Gasteiger partial charge in [0.1, 0.15) is 17.5 Å². The molecule has 2 atom stereocenters. The summed E-state index contributed by atoms with van der Waals surface area (Å²) in [5.74, 6) is 0.530. The summed E-state index contributed by atoms with van der Waals surface area (Å²) >= 11 is 0. The number of aliphatic imine (C=N–C) groups is 1. The third kappa shape index (κ3) is 2.29. The van der Waals surface area contributed by atoms with Crippen molar-refractivity contribution in [3.63, 3.8) is 0 Å². The third-order valence-electron chi connectivity index (χ3n) is 5.53. The van der Waals surface area contributed by atoms with E-state index in [1.165, 1.54) is 0 Å². The SMILES string of the molecule is COc1ccc(C2CC(=O)N=C3C2C(=O)N(C)c2nc4ccccc4n23)cc1. The van der Waals surface area contributed by atoms with Gasteiger partial charge < -0.3 is 4.74 Å². The van der Waals surface area contributed by atoms with Gasteiger partial charge in [-0.2, -0.15) is 4.99 Å². The largest absolute Gasteiger partial charge is 0.497 e. The first-order valence-corrected chi connectivity index (χ1v) is 9.09. The van der Waals surface area contributed by atoms with Gasteiger partial charge in [0.15, 0.2) is 0 Å². The van der Waals surface area contributed by atoms with E-state index in [2.05, 4.69) is 9.98 Å². The molecule has 7 heteroatoms. The van der Waals surface area contributed by atoms with Gasteiger partial charge >= 0.3 is 0 Å². The van der Waals surface area contributed by atoms with Crippen molar-refractivity contribution in [2.45, 2.75) is 12.3 Å². The van der Waals surface area contributed by atoms with Crippen LogP contribution >= 0.6 is 0 Å². The molecule has 0 spiro atoms. The first kappa shape index (κ1) is 16.7. The van der Waals surface area contributed by atoms with E-state index in [-0.39, 0.29) is 24.2 Å². The highest BCUT2D eigenvalue weighted by atomic mass is 16.5. The predicted molar refractivity (Wildman–Crippen MR) is 105 cm³/mol. The molecule has 0 fully saturated rings. The summed E-state index contributed by atoms with van der Waals surface area (Å²) in [5.41, 5.74) is 2.52. The molecule has 1 aromatic heterocycles. The molecule has 7 nitrogen and oxygen atoms in total. The molecule has 2 amide bonds. The lowest BCUT2D eigenvalue weighted by molar-refractivity contribution is -0.123. The van der Waals surface area contributed by atoms with Crippen LogP contribution in [0.3, 0.4) is 0 Å². The number of hydrogen-bond donors (Lipinski definition) is 0. The summed E-state index contributed by atoms with van der Waals surface area (Å²) in [4.78, 5) is 36.2. The molecule has 0 bridgehead atoms. The van der Waals surface area contributed by atoms with Gasteiger partial charge in [0.25, 0.3) is 0 Å². The molecular weight excluding hydrogens is 356 g/mol. The lowest BCUT2D eigenvalue weighted by Gasteiger charge is -2.37. The molecule has 2 aliphatic rings. The number of nitrogens with zero attached hydrogens (tertiary/aromatic N) is 4. The molecule has 0 saturated heterocycles. The Morgan fingerprint density at radius 3 is 2.57 bits per heavy atom. The Balaban J connectivity index is 1.70. The Morgan fingerprint density at radius 1 is 1.07 bits per heavy atom. The Kier molecular flexibility index (Phi) is 3.58. The number of anilines is 1. The van der Waals surface area contributed by atoms with Crippen molar-refractivity contribution >= 4 is 34.6 Å². The molecular formula is C21H18N4O3. The number of aromatic nitrogens is 2. The van der Waals surface area contributed by atoms with Gasteiger partial charge in [0.05, 0.1) is 18.1 Å². The quantitative estimate of drug-likeness (QED) is 0.691. The van der Waals surface area contributed by atoms with Crippen LogP contribution in [0.5, 0.6) is 5.75 Å². The lowest BCUT2D eigenvalue weighted by atomic mass is 9.79. The zero-order valence-corrected chi connectivity index (χ0v) is 15.5. The monoisotopic (exact) mass is 374 g/mol. The zero-order chi connectivity index (χ0) is 19.4. The van der Waals surface area contributed by atoms with Gasteiger partial charge in [-0.3, -0.25) is 19.1 Å². The fourth-order valence-electron chi connectivity index (χ4n) is 4.13. The molecule has 0 saturated carbocycles. The van der Waals surface area contributed by atoms with Crippen molar-refractivity contribution in [1.82, 2.24) is 9.55 Å². The second-order valence-electron chi connectivity index (χ2n) is 7.06. The van der Waals surface area contributed by atoms with E-state index < -0.39 is 5.92 Å². The van der Waals surface area contributed by atoms with Crippen molar-refractivity contribution in [2.75, 3.05) is 19.1 Å². The van der Waals surface area contributed by atoms with Crippen LogP contribution in [-0.4, -0.2) is 41.4 Å². The minimum atomic E-state index is -0.541. The molecule has 140 valence electrons. The van der Waals surface area contributed by atoms with E-state index in [1.54, 1.807) is 19.1 Å². The first-order valence-electron chi connectivity index (χ1n) is 9.09. The smallest absolute Gasteiger partial charge is 0.248 e. The van der Waals surface area contributed by atoms with E-state index in [9.17, 15) is 9.59 Å². The van der Waals surface area contributed by atoms with E-state index in [0.717, 1.165) is 22.3 Å². The molecule has 3 aromatic rings. The Bertz CT molecular complexity index is 1150. The number of carbonyl (C=O) groups is 2. The first-order chi connectivity index (χ1) is 13.6. The Hall–Kier alpha value is -3.48. The van der Waals surface area contributed by atoms with Crippen LogP contribution in [0.1, 0.15) is 17.9 Å². The second kappa shape index (κ2) is 6.02. The number of benzene rings is 2. The lowest BCUT2D eigenvalue weighted by Crippen LogP contribution is -2.50. The summed E-state index contributed by atoms with van der Waals surface area (Å²) in [6, 6.07) is 15.1. The molecule has 2 aliphatic heterocycles. The molecule has 0 aliphatic carbocycles. The Morgan fingerprint density at radius 2 is 1.82 bits per heavy atom. The van der Waals surface area contributed by atoms with Gasteiger partial charge in [-0.15, -0.1) is 0 Å². The van der Waals surface area contributed by atoms with Gasteiger partial charge in [0, 0.05) is 19.4 Å². The van der Waals surface area contributed by atoms with Crippen LogP contribution in [0.4, 0.5) is 5.95 Å². The highest BCUT2D eigenvalue weighted by Crippen LogP contribution is 2.40. The number of amides is 2. The van der Waals surface area contributed by atoms with Crippen molar-refractivity contribution in [3.05, 3.63) is 54.1 Å². The van der Waals surface area contributed by atoms with Crippen molar-refractivity contribution in [2.24, 2.45) is 10.9 Å². The fraction of sp³-hybridized carbons (Fsp3) is 0.238. The summed E-state index contributed by atoms with van der Waals surface area (Å²) in [7, 11) is 3.33. The van der Waals surface area contributed by atoms with Crippen LogP contribution in [0.25, 0.3) is 11.0 Å². The van der Waals surface area contributed by atoms with Gasteiger partial charge in [-0.1, -0.05) is 24.3 Å². The number of fused-ring (bicyclic) bond motifs is 5. The maximum atomic E-state index is 13.3. The van der Waals surface area contributed by atoms with Crippen molar-refractivity contribution < 1.29 is 14.3 Å². The van der Waals surface area contributed by atoms with Crippen LogP contribution in [-0.2, 0) is 9.59 Å². The topological polar surface area (TPSA) is 76.8 Å². The molecule has 2 aromatic carbocycles. The Labute approximate surface area is 161 Å². The van der Waals surface area contributed by atoms with Gasteiger partial charge in [-0.25, -0.2) is 4.98 Å². The van der Waals surface area contributed by atoms with E-state index in [1.807, 2.05) is 53.1 Å². The van der Waals surface area contributed by atoms with Crippen LogP contribution < -0.4 is 9.64 Å². The van der Waals surface area contributed by atoms with E-state index in [0.29, 0.717) is 11.8 Å². The molecule has 2 unspecified atom stereocenters. The predicted octanol–water partition coefficient (Wildman–Crippen LogP) is 2.60. The average Bonchev–Trinajstić information content (AvgIpc) is 3.11. The van der Waals surface area contributed by atoms with E-state index >= 15 is 0 Å². The van der Waals surface area contributed by atoms with Gasteiger partial charge in [-0.05, 0) is 29.8 Å². The van der Waals surface area contributed by atoms with Crippen LogP contribution in [0, 0.1) is 5.92 Å². The highest BCUT2D eigenvalue weighted by molar-refractivity contribution is 6.20. The van der Waals surface area contributed by atoms with E-state index in [4.69, 9.17) is 4.74 Å². The highest BCUT2D eigenvalue weighted by Gasteiger charge is 2.46. The second-order valence-corrected chi connectivity index (χ2v) is 7.06. The zero-order valence-electron chi connectivity index (χ0n) is 15.5. The molecule has 0 N–H and O–H groups in total. The molecule has 3 heterocycles. The minimum absolute atomic E-state index is 0.102. The molecule has 0 radical (unpaired) electrons. The number of hydrogen-bond acceptors (Lipinski definition) is 4. The normalized spacial score (nSPS) is 21.4. The standard InChI is InChI=1S/C21H18N4O3/c1-24-20(27)18-14(12-7-9-13(28-2)10-8-12)11-17(26)23-19(18)25-16-6-4-3-5-15(16)22-21(24)25/h3-10,14,18H,11H2,1-2H3. The number of methoxy groups -OCH3 is 1. The maximum absolute atomic E-state index is 13.3. The van der Waals surface area contributed by atoms with Gasteiger partial charge in [0.2, 0.25) is 17.8 Å². The summed E-state index contributed by atoms with van der Waals surface area (Å²) in [6.45, 7) is 0. The van der Waals surface area contributed by atoms with Crippen molar-refractivity contribution in [3.8, 4) is 5.75 Å². The molecule has 5 rings (SSSR count). The van der Waals surface area contributed by atoms with Crippen molar-refractivity contribution in [1.29, 1.82) is 0 Å². The number of rotatable bonds is 2. The van der Waals surface area contributed by atoms with Crippen LogP contribution in [0.15, 0.2) is 53.5 Å². The van der Waals surface area contributed by atoms with Crippen LogP contribution in [0.2, 0.25) is 0 Å². The average molecular weight is 374 g/mol. The third-order valence-corrected chi connectivity index (χ3v) is 5.53. The summed E-state index contributed by atoms with van der Waals surface area (Å²) in [6.07, 6.45) is 0.196. The number of para-hydroxylation sites is 2. The molecule has 28 heavy (non-hydrogen) atoms. The fourth-order valence-corrected chi connectivity index (χ4v) is 4.13. The number of ether oxygens (including phenoxy) is 1. The number of imidazole rings is 1. The maximum Gasteiger partial charge on any atom is 0.248 e. The number of carbonyl (C=O) groups excluding carboxylic acids is 2. The summed E-state index contributed by atoms with van der Waals surface area (Å²) in [5, 5.41) is 0.